The monoisotopic (exact) mass is 347 g/mol. The Kier molecular flexibility index (Phi) is 6.86. The van der Waals surface area contributed by atoms with Crippen molar-refractivity contribution in [2.45, 2.75) is 50.3 Å². The van der Waals surface area contributed by atoms with Gasteiger partial charge in [-0.15, -0.1) is 0 Å². The molecule has 1 aromatic rings. The van der Waals surface area contributed by atoms with Crippen LogP contribution in [0.25, 0.3) is 0 Å². The van der Waals surface area contributed by atoms with E-state index in [1.54, 1.807) is 18.2 Å². The molecule has 2 N–H and O–H groups in total. The number of hydrogen-bond acceptors (Lipinski definition) is 3. The Bertz CT molecular complexity index is 500. The predicted octanol–water partition coefficient (Wildman–Crippen LogP) is 4.17. The number of anilines is 1. The second-order valence-corrected chi connectivity index (χ2v) is 7.76. The minimum Gasteiger partial charge on any atom is -0.398 e. The maximum atomic E-state index is 12.2. The molecule has 0 saturated heterocycles. The molecule has 0 bridgehead atoms. The molecule has 1 aromatic carbocycles. The molecular formula is C14H22BrNO2S. The summed E-state index contributed by atoms with van der Waals surface area (Å²) in [6, 6.07) is 4.96. The molecule has 1 rings (SSSR count). The van der Waals surface area contributed by atoms with Gasteiger partial charge in [-0.2, -0.15) is 0 Å². The van der Waals surface area contributed by atoms with E-state index in [1.165, 1.54) is 19.3 Å². The summed E-state index contributed by atoms with van der Waals surface area (Å²) in [6.07, 6.45) is 6.40. The van der Waals surface area contributed by atoms with Crippen LogP contribution in [0.1, 0.15) is 45.4 Å². The van der Waals surface area contributed by atoms with E-state index < -0.39 is 9.84 Å². The van der Waals surface area contributed by atoms with Crippen LogP contribution in [0.4, 0.5) is 5.69 Å². The van der Waals surface area contributed by atoms with Crippen molar-refractivity contribution in [1.82, 2.24) is 0 Å². The molecule has 0 atom stereocenters. The highest BCUT2D eigenvalue weighted by atomic mass is 79.9. The lowest BCUT2D eigenvalue weighted by Crippen LogP contribution is -2.09. The number of nitrogens with two attached hydrogens (primary N) is 1. The zero-order valence-electron chi connectivity index (χ0n) is 11.4. The number of unbranched alkanes of at least 4 members (excludes halogenated alkanes) is 5. The number of rotatable bonds is 8. The molecule has 0 aliphatic carbocycles. The van der Waals surface area contributed by atoms with Crippen LogP contribution in [0, 0.1) is 0 Å². The average molecular weight is 348 g/mol. The molecular weight excluding hydrogens is 326 g/mol. The topological polar surface area (TPSA) is 60.2 Å². The van der Waals surface area contributed by atoms with E-state index in [9.17, 15) is 8.42 Å². The van der Waals surface area contributed by atoms with Gasteiger partial charge in [0, 0.05) is 4.47 Å². The van der Waals surface area contributed by atoms with Crippen molar-refractivity contribution in [2.24, 2.45) is 0 Å². The second-order valence-electron chi connectivity index (χ2n) is 4.77. The van der Waals surface area contributed by atoms with Gasteiger partial charge >= 0.3 is 0 Å². The highest BCUT2D eigenvalue weighted by Gasteiger charge is 2.17. The van der Waals surface area contributed by atoms with E-state index in [1.807, 2.05) is 0 Å². The molecule has 108 valence electrons. The summed E-state index contributed by atoms with van der Waals surface area (Å²) >= 11 is 3.28. The molecule has 0 amide bonds. The van der Waals surface area contributed by atoms with Gasteiger partial charge in [-0.1, -0.05) is 55.0 Å². The van der Waals surface area contributed by atoms with Crippen LogP contribution in [-0.4, -0.2) is 14.2 Å². The standard InChI is InChI=1S/C14H22BrNO2S/c1-2-3-4-5-6-7-10-19(17,18)14-11-12(15)8-9-13(14)16/h8-9,11H,2-7,10,16H2,1H3. The SMILES string of the molecule is CCCCCCCCS(=O)(=O)c1cc(Br)ccc1N. The average Bonchev–Trinajstić information content (AvgIpc) is 2.36. The largest absolute Gasteiger partial charge is 0.398 e. The zero-order valence-corrected chi connectivity index (χ0v) is 13.8. The number of sulfone groups is 1. The van der Waals surface area contributed by atoms with Crippen molar-refractivity contribution < 1.29 is 8.42 Å². The maximum absolute atomic E-state index is 12.2. The van der Waals surface area contributed by atoms with E-state index in [0.29, 0.717) is 12.1 Å². The molecule has 0 heterocycles. The van der Waals surface area contributed by atoms with E-state index in [-0.39, 0.29) is 10.6 Å². The van der Waals surface area contributed by atoms with Crippen molar-refractivity contribution in [3.05, 3.63) is 22.7 Å². The first-order valence-electron chi connectivity index (χ1n) is 6.75. The van der Waals surface area contributed by atoms with E-state index >= 15 is 0 Å². The summed E-state index contributed by atoms with van der Waals surface area (Å²) in [4.78, 5) is 0.246. The Morgan fingerprint density at radius 2 is 1.74 bits per heavy atom. The first-order chi connectivity index (χ1) is 8.97. The smallest absolute Gasteiger partial charge is 0.180 e. The summed E-state index contributed by atoms with van der Waals surface area (Å²) in [5, 5.41) is 0. The van der Waals surface area contributed by atoms with E-state index in [4.69, 9.17) is 5.73 Å². The molecule has 0 aromatic heterocycles. The van der Waals surface area contributed by atoms with Gasteiger partial charge in [-0.3, -0.25) is 0 Å². The first-order valence-corrected chi connectivity index (χ1v) is 9.19. The minimum atomic E-state index is -3.26. The van der Waals surface area contributed by atoms with Crippen LogP contribution in [0.5, 0.6) is 0 Å². The molecule has 19 heavy (non-hydrogen) atoms. The van der Waals surface area contributed by atoms with Crippen LogP contribution in [-0.2, 0) is 9.84 Å². The van der Waals surface area contributed by atoms with Crippen LogP contribution in [0.3, 0.4) is 0 Å². The van der Waals surface area contributed by atoms with Gasteiger partial charge in [0.15, 0.2) is 9.84 Å². The lowest BCUT2D eigenvalue weighted by molar-refractivity contribution is 0.584. The number of hydrogen-bond donors (Lipinski definition) is 1. The summed E-state index contributed by atoms with van der Waals surface area (Å²) in [6.45, 7) is 2.17. The molecule has 0 unspecified atom stereocenters. The van der Waals surface area contributed by atoms with Gasteiger partial charge in [0.1, 0.15) is 0 Å². The number of halogens is 1. The van der Waals surface area contributed by atoms with Crippen molar-refractivity contribution in [3.8, 4) is 0 Å². The fraction of sp³-hybridized carbons (Fsp3) is 0.571. The van der Waals surface area contributed by atoms with E-state index in [0.717, 1.165) is 17.3 Å². The summed E-state index contributed by atoms with van der Waals surface area (Å²) in [5.74, 6) is 0.180. The van der Waals surface area contributed by atoms with Gasteiger partial charge in [0.25, 0.3) is 0 Å². The lowest BCUT2D eigenvalue weighted by atomic mass is 10.1. The van der Waals surface area contributed by atoms with Crippen LogP contribution >= 0.6 is 15.9 Å². The van der Waals surface area contributed by atoms with Crippen LogP contribution in [0.15, 0.2) is 27.6 Å². The van der Waals surface area contributed by atoms with Crippen LogP contribution in [0.2, 0.25) is 0 Å². The zero-order chi connectivity index (χ0) is 14.3. The molecule has 0 fully saturated rings. The normalized spacial score (nSPS) is 11.7. The fourth-order valence-corrected chi connectivity index (χ4v) is 4.01. The quantitative estimate of drug-likeness (QED) is 0.567. The Labute approximate surface area is 124 Å². The van der Waals surface area contributed by atoms with Gasteiger partial charge < -0.3 is 5.73 Å². The Morgan fingerprint density at radius 3 is 2.42 bits per heavy atom. The summed E-state index contributed by atoms with van der Waals surface area (Å²) < 4.78 is 25.1. The summed E-state index contributed by atoms with van der Waals surface area (Å²) in [7, 11) is -3.26. The Morgan fingerprint density at radius 1 is 1.11 bits per heavy atom. The first kappa shape index (κ1) is 16.5. The fourth-order valence-electron chi connectivity index (χ4n) is 1.96. The lowest BCUT2D eigenvalue weighted by Gasteiger charge is -2.08. The Balaban J connectivity index is 2.54. The second kappa shape index (κ2) is 7.90. The minimum absolute atomic E-state index is 0.180. The van der Waals surface area contributed by atoms with Crippen molar-refractivity contribution in [1.29, 1.82) is 0 Å². The van der Waals surface area contributed by atoms with Gasteiger partial charge in [-0.25, -0.2) is 8.42 Å². The molecule has 0 spiro atoms. The van der Waals surface area contributed by atoms with Gasteiger partial charge in [-0.05, 0) is 24.6 Å². The number of benzene rings is 1. The van der Waals surface area contributed by atoms with E-state index in [2.05, 4.69) is 22.9 Å². The highest BCUT2D eigenvalue weighted by Crippen LogP contribution is 2.24. The molecule has 0 aliphatic rings. The summed E-state index contributed by atoms with van der Waals surface area (Å²) in [5.41, 5.74) is 6.07. The van der Waals surface area contributed by atoms with Crippen LogP contribution < -0.4 is 5.73 Å². The molecule has 5 heteroatoms. The number of nitrogen functional groups attached to an aromatic ring is 1. The van der Waals surface area contributed by atoms with Gasteiger partial charge in [0.2, 0.25) is 0 Å². The molecule has 0 saturated carbocycles. The Hall–Kier alpha value is -0.550. The van der Waals surface area contributed by atoms with Crippen molar-refractivity contribution >= 4 is 31.5 Å². The predicted molar refractivity (Wildman–Crippen MR) is 84.0 cm³/mol. The third-order valence-electron chi connectivity index (χ3n) is 3.08. The maximum Gasteiger partial charge on any atom is 0.180 e. The molecule has 0 aliphatic heterocycles. The van der Waals surface area contributed by atoms with Crippen molar-refractivity contribution in [2.75, 3.05) is 11.5 Å². The third kappa shape index (κ3) is 5.53. The molecule has 0 radical (unpaired) electrons. The third-order valence-corrected chi connectivity index (χ3v) is 5.42. The van der Waals surface area contributed by atoms with Gasteiger partial charge in [0.05, 0.1) is 16.3 Å². The highest BCUT2D eigenvalue weighted by molar-refractivity contribution is 9.10. The molecule has 3 nitrogen and oxygen atoms in total. The van der Waals surface area contributed by atoms with Crippen molar-refractivity contribution in [3.63, 3.8) is 0 Å².